The number of rotatable bonds is 5. The summed E-state index contributed by atoms with van der Waals surface area (Å²) >= 11 is 5.81. The number of hydrogen-bond acceptors (Lipinski definition) is 3. The van der Waals surface area contributed by atoms with E-state index in [1.807, 2.05) is 12.1 Å². The van der Waals surface area contributed by atoms with Crippen molar-refractivity contribution in [2.45, 2.75) is 13.2 Å². The number of nitrogens with one attached hydrogen (secondary N) is 1. The first kappa shape index (κ1) is 13.8. The molecule has 0 aliphatic carbocycles. The van der Waals surface area contributed by atoms with E-state index in [1.54, 1.807) is 19.2 Å². The third kappa shape index (κ3) is 3.91. The zero-order valence-corrected chi connectivity index (χ0v) is 11.2. The molecular formula is C14H14ClFN2O. The molecule has 100 valence electrons. The van der Waals surface area contributed by atoms with Crippen molar-refractivity contribution in [2.75, 3.05) is 7.05 Å². The van der Waals surface area contributed by atoms with Crippen LogP contribution in [0.1, 0.15) is 11.1 Å². The number of pyridine rings is 1. The van der Waals surface area contributed by atoms with Crippen LogP contribution in [0.25, 0.3) is 0 Å². The lowest BCUT2D eigenvalue weighted by atomic mass is 10.2. The quantitative estimate of drug-likeness (QED) is 0.913. The zero-order chi connectivity index (χ0) is 13.7. The molecule has 2 aromatic rings. The van der Waals surface area contributed by atoms with Gasteiger partial charge in [0.25, 0.3) is 0 Å². The first-order chi connectivity index (χ1) is 9.19. The van der Waals surface area contributed by atoms with Crippen LogP contribution in [0.3, 0.4) is 0 Å². The molecule has 1 N–H and O–H groups in total. The highest BCUT2D eigenvalue weighted by Crippen LogP contribution is 2.18. The summed E-state index contributed by atoms with van der Waals surface area (Å²) in [6, 6.07) is 8.77. The smallest absolute Gasteiger partial charge is 0.218 e. The van der Waals surface area contributed by atoms with Crippen molar-refractivity contribution < 1.29 is 9.13 Å². The van der Waals surface area contributed by atoms with Gasteiger partial charge in [-0.2, -0.15) is 0 Å². The van der Waals surface area contributed by atoms with E-state index in [2.05, 4.69) is 10.3 Å². The maximum Gasteiger partial charge on any atom is 0.218 e. The van der Waals surface area contributed by atoms with Crippen molar-refractivity contribution in [1.29, 1.82) is 0 Å². The Bertz CT molecular complexity index is 546. The number of nitrogens with zero attached hydrogens (tertiary/aromatic N) is 1. The van der Waals surface area contributed by atoms with Gasteiger partial charge in [-0.25, -0.2) is 9.37 Å². The number of ether oxygens (including phenoxy) is 1. The van der Waals surface area contributed by atoms with Crippen molar-refractivity contribution in [1.82, 2.24) is 10.3 Å². The highest BCUT2D eigenvalue weighted by atomic mass is 35.5. The highest BCUT2D eigenvalue weighted by molar-refractivity contribution is 6.30. The van der Waals surface area contributed by atoms with Gasteiger partial charge in [0.15, 0.2) is 0 Å². The summed E-state index contributed by atoms with van der Waals surface area (Å²) in [5.41, 5.74) is 1.67. The molecule has 3 nitrogen and oxygen atoms in total. The molecule has 0 atom stereocenters. The van der Waals surface area contributed by atoms with Crippen LogP contribution in [-0.4, -0.2) is 12.0 Å². The predicted octanol–water partition coefficient (Wildman–Crippen LogP) is 3.17. The van der Waals surface area contributed by atoms with Crippen LogP contribution < -0.4 is 10.1 Å². The van der Waals surface area contributed by atoms with E-state index >= 15 is 0 Å². The van der Waals surface area contributed by atoms with Crippen LogP contribution in [0.4, 0.5) is 4.39 Å². The average Bonchev–Trinajstić information content (AvgIpc) is 2.40. The average molecular weight is 281 g/mol. The standard InChI is InChI=1S/C14H14ClFN2O/c1-17-7-11-6-13(16)8-18-14(11)19-9-10-2-4-12(15)5-3-10/h2-6,8,17H,7,9H2,1H3. The summed E-state index contributed by atoms with van der Waals surface area (Å²) in [4.78, 5) is 3.97. The van der Waals surface area contributed by atoms with E-state index < -0.39 is 0 Å². The molecule has 0 radical (unpaired) electrons. The second-order valence-electron chi connectivity index (χ2n) is 4.06. The highest BCUT2D eigenvalue weighted by Gasteiger charge is 2.07. The molecule has 0 spiro atoms. The van der Waals surface area contributed by atoms with E-state index in [9.17, 15) is 4.39 Å². The van der Waals surface area contributed by atoms with E-state index in [4.69, 9.17) is 16.3 Å². The molecule has 0 saturated carbocycles. The number of hydrogen-bond donors (Lipinski definition) is 1. The fourth-order valence-corrected chi connectivity index (χ4v) is 1.77. The lowest BCUT2D eigenvalue weighted by molar-refractivity contribution is 0.289. The third-order valence-electron chi connectivity index (χ3n) is 2.55. The molecule has 2 rings (SSSR count). The Balaban J connectivity index is 2.08. The minimum atomic E-state index is -0.371. The van der Waals surface area contributed by atoms with E-state index in [0.717, 1.165) is 11.8 Å². The molecule has 0 bridgehead atoms. The first-order valence-electron chi connectivity index (χ1n) is 5.85. The molecule has 1 heterocycles. The van der Waals surface area contributed by atoms with Crippen LogP contribution in [-0.2, 0) is 13.2 Å². The Kier molecular flexibility index (Phi) is 4.71. The van der Waals surface area contributed by atoms with Gasteiger partial charge in [-0.05, 0) is 30.8 Å². The third-order valence-corrected chi connectivity index (χ3v) is 2.80. The summed E-state index contributed by atoms with van der Waals surface area (Å²) in [7, 11) is 1.79. The predicted molar refractivity (Wildman–Crippen MR) is 72.7 cm³/mol. The molecule has 0 fully saturated rings. The summed E-state index contributed by atoms with van der Waals surface area (Å²) < 4.78 is 18.7. The molecule has 0 aliphatic rings. The summed E-state index contributed by atoms with van der Waals surface area (Å²) in [6.07, 6.45) is 1.15. The molecular weight excluding hydrogens is 267 g/mol. The molecule has 0 aliphatic heterocycles. The van der Waals surface area contributed by atoms with Gasteiger partial charge >= 0.3 is 0 Å². The van der Waals surface area contributed by atoms with E-state index in [0.29, 0.717) is 29.6 Å². The molecule has 1 aromatic heterocycles. The SMILES string of the molecule is CNCc1cc(F)cnc1OCc1ccc(Cl)cc1. The van der Waals surface area contributed by atoms with Gasteiger partial charge in [-0.15, -0.1) is 0 Å². The zero-order valence-electron chi connectivity index (χ0n) is 10.5. The summed E-state index contributed by atoms with van der Waals surface area (Å²) in [5, 5.41) is 3.63. The Morgan fingerprint density at radius 3 is 2.74 bits per heavy atom. The summed E-state index contributed by atoms with van der Waals surface area (Å²) in [5.74, 6) is 0.0646. The minimum Gasteiger partial charge on any atom is -0.473 e. The van der Waals surface area contributed by atoms with Crippen LogP contribution in [0.15, 0.2) is 36.5 Å². The second-order valence-corrected chi connectivity index (χ2v) is 4.50. The van der Waals surface area contributed by atoms with Gasteiger partial charge in [0.2, 0.25) is 5.88 Å². The van der Waals surface area contributed by atoms with Gasteiger partial charge < -0.3 is 10.1 Å². The Morgan fingerprint density at radius 2 is 2.05 bits per heavy atom. The molecule has 0 amide bonds. The summed E-state index contributed by atoms with van der Waals surface area (Å²) in [6.45, 7) is 0.868. The van der Waals surface area contributed by atoms with Crippen LogP contribution in [0, 0.1) is 5.82 Å². The number of benzene rings is 1. The number of aromatic nitrogens is 1. The Hall–Kier alpha value is -1.65. The van der Waals surface area contributed by atoms with Gasteiger partial charge in [0, 0.05) is 17.1 Å². The monoisotopic (exact) mass is 280 g/mol. The van der Waals surface area contributed by atoms with Crippen molar-refractivity contribution in [2.24, 2.45) is 0 Å². The normalized spacial score (nSPS) is 10.5. The van der Waals surface area contributed by atoms with E-state index in [-0.39, 0.29) is 5.82 Å². The Labute approximate surface area is 116 Å². The number of halogens is 2. The van der Waals surface area contributed by atoms with Crippen molar-refractivity contribution >= 4 is 11.6 Å². The largest absolute Gasteiger partial charge is 0.473 e. The molecule has 19 heavy (non-hydrogen) atoms. The minimum absolute atomic E-state index is 0.368. The fraction of sp³-hybridized carbons (Fsp3) is 0.214. The van der Waals surface area contributed by atoms with E-state index in [1.165, 1.54) is 6.07 Å². The molecule has 1 aromatic carbocycles. The fourth-order valence-electron chi connectivity index (χ4n) is 1.65. The van der Waals surface area contributed by atoms with Crippen LogP contribution in [0.2, 0.25) is 5.02 Å². The topological polar surface area (TPSA) is 34.2 Å². The first-order valence-corrected chi connectivity index (χ1v) is 6.23. The second kappa shape index (κ2) is 6.50. The van der Waals surface area contributed by atoms with Crippen molar-refractivity contribution in [3.05, 3.63) is 58.5 Å². The molecule has 0 unspecified atom stereocenters. The maximum absolute atomic E-state index is 13.1. The van der Waals surface area contributed by atoms with Gasteiger partial charge in [-0.1, -0.05) is 23.7 Å². The molecule has 0 saturated heterocycles. The Morgan fingerprint density at radius 1 is 1.32 bits per heavy atom. The van der Waals surface area contributed by atoms with Crippen molar-refractivity contribution in [3.8, 4) is 5.88 Å². The van der Waals surface area contributed by atoms with Crippen LogP contribution in [0.5, 0.6) is 5.88 Å². The van der Waals surface area contributed by atoms with Crippen LogP contribution >= 0.6 is 11.6 Å². The lowest BCUT2D eigenvalue weighted by Crippen LogP contribution is -2.09. The van der Waals surface area contributed by atoms with Gasteiger partial charge in [0.05, 0.1) is 6.20 Å². The molecule has 5 heteroatoms. The maximum atomic E-state index is 13.1. The van der Waals surface area contributed by atoms with Gasteiger partial charge in [-0.3, -0.25) is 0 Å². The van der Waals surface area contributed by atoms with Crippen molar-refractivity contribution in [3.63, 3.8) is 0 Å². The lowest BCUT2D eigenvalue weighted by Gasteiger charge is -2.10. The van der Waals surface area contributed by atoms with Gasteiger partial charge in [0.1, 0.15) is 12.4 Å².